The molecular formula is C43H57N3O13. The Balaban J connectivity index is 1.71. The van der Waals surface area contributed by atoms with Crippen molar-refractivity contribution in [2.24, 2.45) is 28.8 Å². The van der Waals surface area contributed by atoms with Crippen LogP contribution in [0.5, 0.6) is 23.0 Å². The fourth-order valence-electron chi connectivity index (χ4n) is 8.05. The largest absolute Gasteiger partial charge is 0.507 e. The zero-order chi connectivity index (χ0) is 43.7. The van der Waals surface area contributed by atoms with Crippen molar-refractivity contribution < 1.29 is 64.0 Å². The smallest absolute Gasteiger partial charge is 0.312 e. The minimum atomic E-state index is -2.07. The molecule has 10 atom stereocenters. The topological polar surface area (TPSA) is 237 Å². The summed E-state index contributed by atoms with van der Waals surface area (Å²) in [7, 11) is 1.43. The second kappa shape index (κ2) is 18.0. The molecule has 2 aromatic carbocycles. The zero-order valence-corrected chi connectivity index (χ0v) is 34.9. The highest BCUT2D eigenvalue weighted by Crippen LogP contribution is 2.55. The first-order chi connectivity index (χ1) is 27.7. The molecule has 16 heteroatoms. The minimum absolute atomic E-state index is 0.0327. The normalized spacial score (nSPS) is 33.0. The number of hydrogen-bond donors (Lipinski definition) is 7. The number of ketones is 1. The van der Waals surface area contributed by atoms with Gasteiger partial charge in [-0.05, 0) is 32.8 Å². The van der Waals surface area contributed by atoms with Crippen molar-refractivity contribution in [1.82, 2.24) is 5.01 Å². The van der Waals surface area contributed by atoms with Gasteiger partial charge in [-0.3, -0.25) is 19.4 Å². The van der Waals surface area contributed by atoms with Crippen LogP contribution in [0.3, 0.4) is 0 Å². The number of phenolic OH excluding ortho intramolecular Hbond substituents is 3. The van der Waals surface area contributed by atoms with Gasteiger partial charge in [-0.15, -0.1) is 0 Å². The summed E-state index contributed by atoms with van der Waals surface area (Å²) in [4.78, 5) is 40.5. The van der Waals surface area contributed by atoms with Crippen molar-refractivity contribution in [3.05, 3.63) is 52.8 Å². The van der Waals surface area contributed by atoms with Gasteiger partial charge in [0.15, 0.2) is 5.75 Å². The van der Waals surface area contributed by atoms with Gasteiger partial charge in [0.1, 0.15) is 23.4 Å². The summed E-state index contributed by atoms with van der Waals surface area (Å²) in [6, 6.07) is 0. The molecule has 1 fully saturated rings. The van der Waals surface area contributed by atoms with Gasteiger partial charge in [-0.25, -0.2) is 0 Å². The average molecular weight is 824 g/mol. The molecule has 4 aliphatic heterocycles. The van der Waals surface area contributed by atoms with Crippen molar-refractivity contribution in [1.29, 1.82) is 0 Å². The third-order valence-electron chi connectivity index (χ3n) is 11.8. The van der Waals surface area contributed by atoms with Crippen LogP contribution >= 0.6 is 0 Å². The number of benzene rings is 2. The minimum Gasteiger partial charge on any atom is -0.507 e. The van der Waals surface area contributed by atoms with Gasteiger partial charge in [0, 0.05) is 67.7 Å². The zero-order valence-electron chi connectivity index (χ0n) is 34.9. The van der Waals surface area contributed by atoms with Gasteiger partial charge in [-0.1, -0.05) is 45.9 Å². The SMILES string of the molecule is COC1/C=C/OC2(C)Oc3c(C)c(O)c4c(O)c(c(/C=N\N5CCCC(O)C5)c(O)c4c3C2=O)NC(=O)/C(C)=C\C=C\C(C)C(O)C(C)C(O)C(C)C(OC(C)=O)C1C. The van der Waals surface area contributed by atoms with Crippen LogP contribution in [0.1, 0.15) is 82.8 Å². The number of hydrogen-bond acceptors (Lipinski definition) is 15. The number of aliphatic hydroxyl groups is 3. The molecule has 59 heavy (non-hydrogen) atoms. The Morgan fingerprint density at radius 3 is 2.32 bits per heavy atom. The number of β-amino-alcohol motifs (C(OH)–C–C–N with tert-alkyl or cyclic N) is 1. The van der Waals surface area contributed by atoms with E-state index in [9.17, 15) is 45.0 Å². The summed E-state index contributed by atoms with van der Waals surface area (Å²) in [5.74, 6) is -8.63. The molecule has 10 unspecified atom stereocenters. The molecule has 0 spiro atoms. The van der Waals surface area contributed by atoms with E-state index >= 15 is 0 Å². The molecule has 4 aliphatic rings. The number of carbonyl (C=O) groups is 3. The lowest BCUT2D eigenvalue weighted by molar-refractivity contribution is -0.160. The van der Waals surface area contributed by atoms with Crippen molar-refractivity contribution >= 4 is 40.3 Å². The van der Waals surface area contributed by atoms with Gasteiger partial charge in [-0.2, -0.15) is 5.10 Å². The number of piperidine rings is 1. The Morgan fingerprint density at radius 1 is 0.983 bits per heavy atom. The van der Waals surface area contributed by atoms with Crippen LogP contribution in [0.15, 0.2) is 41.2 Å². The molecule has 0 aliphatic carbocycles. The lowest BCUT2D eigenvalue weighted by Crippen LogP contribution is -2.46. The van der Waals surface area contributed by atoms with Gasteiger partial charge < -0.3 is 54.9 Å². The number of nitrogens with zero attached hydrogens (tertiary/aromatic N) is 2. The standard InChI is InChI=1S/C43H57N3O13/c1-20-12-10-13-21(2)42(55)45-33-28(18-44-46-16-11-14-27(48)19-46)37(52)30-31(38(33)53)36(51)25(6)40-32(30)41(54)43(8,59-40)57-17-15-29(56-9)22(3)39(58-26(7)47)24(5)35(50)23(4)34(20)49/h10,12-13,15,17-18,20,22-24,27,29,34-35,39,48-53H,11,14,16,19H2,1-9H3,(H,45,55)/b12-10+,17-15+,21-13-,44-18-. The highest BCUT2D eigenvalue weighted by atomic mass is 16.7. The predicted molar refractivity (Wildman–Crippen MR) is 218 cm³/mol. The Hall–Kier alpha value is -5.16. The van der Waals surface area contributed by atoms with Crippen LogP contribution in [0, 0.1) is 30.6 Å². The van der Waals surface area contributed by atoms with E-state index in [0.29, 0.717) is 19.4 Å². The summed E-state index contributed by atoms with van der Waals surface area (Å²) in [5.41, 5.74) is -0.555. The summed E-state index contributed by atoms with van der Waals surface area (Å²) in [6.07, 6.45) is 5.20. The Bertz CT molecular complexity index is 2080. The molecule has 0 saturated carbocycles. The van der Waals surface area contributed by atoms with Crippen LogP contribution < -0.4 is 10.1 Å². The molecule has 0 aromatic heterocycles. The van der Waals surface area contributed by atoms with Gasteiger partial charge in [0.2, 0.25) is 0 Å². The number of hydrazone groups is 1. The van der Waals surface area contributed by atoms with Crippen LogP contribution in [0.4, 0.5) is 5.69 Å². The first kappa shape index (κ1) is 44.9. The number of Topliss-reactive ketones (excluding diaryl/α,β-unsaturated/α-hetero) is 1. The number of phenols is 3. The fraction of sp³-hybridized carbons (Fsp3) is 0.535. The molecule has 5 bridgehead atoms. The number of methoxy groups -OCH3 is 1. The predicted octanol–water partition coefficient (Wildman–Crippen LogP) is 4.54. The van der Waals surface area contributed by atoms with E-state index in [2.05, 4.69) is 10.4 Å². The number of esters is 1. The monoisotopic (exact) mass is 823 g/mol. The Morgan fingerprint density at radius 2 is 1.68 bits per heavy atom. The fourth-order valence-corrected chi connectivity index (χ4v) is 8.05. The highest BCUT2D eigenvalue weighted by Gasteiger charge is 2.50. The van der Waals surface area contributed by atoms with E-state index in [4.69, 9.17) is 18.9 Å². The lowest BCUT2D eigenvalue weighted by Gasteiger charge is -2.38. The van der Waals surface area contributed by atoms with E-state index in [1.54, 1.807) is 44.9 Å². The molecule has 6 rings (SSSR count). The van der Waals surface area contributed by atoms with E-state index in [0.717, 1.165) is 0 Å². The summed E-state index contributed by atoms with van der Waals surface area (Å²) in [5, 5.41) is 76.6. The van der Waals surface area contributed by atoms with Crippen LogP contribution in [0.2, 0.25) is 0 Å². The van der Waals surface area contributed by atoms with Crippen molar-refractivity contribution in [2.75, 3.05) is 25.5 Å². The second-order valence-electron chi connectivity index (χ2n) is 16.1. The highest BCUT2D eigenvalue weighted by molar-refractivity contribution is 6.23. The van der Waals surface area contributed by atoms with Gasteiger partial charge in [0.05, 0.1) is 65.6 Å². The number of aliphatic hydroxyl groups excluding tert-OH is 3. The summed E-state index contributed by atoms with van der Waals surface area (Å²) < 4.78 is 23.5. The summed E-state index contributed by atoms with van der Waals surface area (Å²) >= 11 is 0. The van der Waals surface area contributed by atoms with E-state index in [1.165, 1.54) is 59.4 Å². The van der Waals surface area contributed by atoms with E-state index in [1.807, 2.05) is 0 Å². The van der Waals surface area contributed by atoms with Crippen molar-refractivity contribution in [2.45, 2.75) is 105 Å². The van der Waals surface area contributed by atoms with Gasteiger partial charge >= 0.3 is 11.8 Å². The molecule has 16 nitrogen and oxygen atoms in total. The average Bonchev–Trinajstić information content (AvgIpc) is 3.46. The molecule has 4 heterocycles. The van der Waals surface area contributed by atoms with Crippen molar-refractivity contribution in [3.63, 3.8) is 0 Å². The number of amides is 1. The number of rotatable bonds is 4. The Kier molecular flexibility index (Phi) is 13.7. The number of carbonyl (C=O) groups excluding carboxylic acids is 3. The molecule has 0 radical (unpaired) electrons. The maximum Gasteiger partial charge on any atom is 0.312 e. The quantitative estimate of drug-likeness (QED) is 0.0971. The number of aromatic hydroxyl groups is 3. The molecule has 1 amide bonds. The molecule has 7 N–H and O–H groups in total. The van der Waals surface area contributed by atoms with Crippen LogP contribution in [-0.4, -0.2) is 116 Å². The number of nitrogens with one attached hydrogen (secondary N) is 1. The van der Waals surface area contributed by atoms with Crippen molar-refractivity contribution in [3.8, 4) is 23.0 Å². The maximum absolute atomic E-state index is 14.4. The lowest BCUT2D eigenvalue weighted by atomic mass is 9.78. The molecule has 1 saturated heterocycles. The number of allylic oxidation sites excluding steroid dienone is 2. The number of fused-ring (bicyclic) bond motifs is 14. The molecule has 322 valence electrons. The van der Waals surface area contributed by atoms with Gasteiger partial charge in [0.25, 0.3) is 11.7 Å². The van der Waals surface area contributed by atoms with E-state index < -0.39 is 94.9 Å². The first-order valence-electron chi connectivity index (χ1n) is 19.8. The molecular weight excluding hydrogens is 766 g/mol. The van der Waals surface area contributed by atoms with Crippen LogP contribution in [0.25, 0.3) is 10.8 Å². The summed E-state index contributed by atoms with van der Waals surface area (Å²) in [6.45, 7) is 13.1. The van der Waals surface area contributed by atoms with Crippen LogP contribution in [-0.2, 0) is 23.8 Å². The first-order valence-corrected chi connectivity index (χ1v) is 19.8. The third kappa shape index (κ3) is 8.91. The second-order valence-corrected chi connectivity index (χ2v) is 16.1. The Labute approximate surface area is 343 Å². The molecule has 2 aromatic rings. The third-order valence-corrected chi connectivity index (χ3v) is 11.8. The van der Waals surface area contributed by atoms with E-state index in [-0.39, 0.29) is 51.0 Å². The number of anilines is 1. The number of ether oxygens (including phenoxy) is 4. The maximum atomic E-state index is 14.4.